The van der Waals surface area contributed by atoms with E-state index < -0.39 is 0 Å². The molecule has 0 saturated carbocycles. The summed E-state index contributed by atoms with van der Waals surface area (Å²) in [7, 11) is 2.03. The zero-order valence-electron chi connectivity index (χ0n) is 12.3. The highest BCUT2D eigenvalue weighted by atomic mass is 79.9. The van der Waals surface area contributed by atoms with Crippen molar-refractivity contribution >= 4 is 15.9 Å². The minimum atomic E-state index is -0.210. The predicted molar refractivity (Wildman–Crippen MR) is 88.5 cm³/mol. The quantitative estimate of drug-likeness (QED) is 0.881. The molecule has 0 aliphatic heterocycles. The Labute approximate surface area is 133 Å². The first-order chi connectivity index (χ1) is 10.0. The highest BCUT2D eigenvalue weighted by molar-refractivity contribution is 9.10. The fourth-order valence-electron chi connectivity index (χ4n) is 2.43. The van der Waals surface area contributed by atoms with Crippen LogP contribution in [-0.2, 0) is 6.54 Å². The van der Waals surface area contributed by atoms with Crippen molar-refractivity contribution < 1.29 is 4.39 Å². The lowest BCUT2D eigenvalue weighted by Gasteiger charge is -2.28. The van der Waals surface area contributed by atoms with Crippen LogP contribution in [0.15, 0.2) is 46.9 Å². The molecule has 2 aromatic rings. The number of nitrogens with zero attached hydrogens (tertiary/aromatic N) is 1. The highest BCUT2D eigenvalue weighted by Gasteiger charge is 2.18. The Morgan fingerprint density at radius 2 is 1.86 bits per heavy atom. The van der Waals surface area contributed by atoms with Gasteiger partial charge in [-0.05, 0) is 48.9 Å². The van der Waals surface area contributed by atoms with Crippen molar-refractivity contribution in [1.82, 2.24) is 4.90 Å². The minimum Gasteiger partial charge on any atom is -0.329 e. The Morgan fingerprint density at radius 1 is 1.19 bits per heavy atom. The number of halogens is 2. The molecule has 4 heteroatoms. The van der Waals surface area contributed by atoms with Crippen molar-refractivity contribution in [2.24, 2.45) is 5.73 Å². The second kappa shape index (κ2) is 7.16. The Balaban J connectivity index is 2.18. The molecule has 2 aromatic carbocycles. The van der Waals surface area contributed by atoms with Gasteiger partial charge >= 0.3 is 0 Å². The van der Waals surface area contributed by atoms with E-state index in [1.165, 1.54) is 23.3 Å². The van der Waals surface area contributed by atoms with Crippen LogP contribution >= 0.6 is 15.9 Å². The van der Waals surface area contributed by atoms with E-state index in [4.69, 9.17) is 5.73 Å². The zero-order valence-corrected chi connectivity index (χ0v) is 13.9. The van der Waals surface area contributed by atoms with Gasteiger partial charge in [0.15, 0.2) is 0 Å². The van der Waals surface area contributed by atoms with Gasteiger partial charge in [-0.3, -0.25) is 4.90 Å². The summed E-state index contributed by atoms with van der Waals surface area (Å²) in [5, 5.41) is 0. The van der Waals surface area contributed by atoms with Crippen LogP contribution in [0.2, 0.25) is 0 Å². The Bertz CT molecular complexity index is 598. The van der Waals surface area contributed by atoms with Crippen molar-refractivity contribution in [3.63, 3.8) is 0 Å². The lowest BCUT2D eigenvalue weighted by atomic mass is 10.0. The van der Waals surface area contributed by atoms with Crippen LogP contribution in [0.4, 0.5) is 4.39 Å². The molecule has 0 aliphatic rings. The van der Waals surface area contributed by atoms with E-state index in [9.17, 15) is 4.39 Å². The molecule has 0 radical (unpaired) electrons. The van der Waals surface area contributed by atoms with Gasteiger partial charge in [0.2, 0.25) is 0 Å². The van der Waals surface area contributed by atoms with Gasteiger partial charge in [-0.25, -0.2) is 4.39 Å². The second-order valence-corrected chi connectivity index (χ2v) is 6.17. The van der Waals surface area contributed by atoms with Crippen LogP contribution in [0.1, 0.15) is 22.7 Å². The van der Waals surface area contributed by atoms with Gasteiger partial charge in [-0.1, -0.05) is 40.2 Å². The molecule has 0 aromatic heterocycles. The van der Waals surface area contributed by atoms with Crippen LogP contribution < -0.4 is 5.73 Å². The third-order valence-corrected chi connectivity index (χ3v) is 4.30. The van der Waals surface area contributed by atoms with Gasteiger partial charge in [0.25, 0.3) is 0 Å². The van der Waals surface area contributed by atoms with E-state index in [0.29, 0.717) is 6.54 Å². The Morgan fingerprint density at radius 3 is 2.43 bits per heavy atom. The van der Waals surface area contributed by atoms with Gasteiger partial charge < -0.3 is 5.73 Å². The molecule has 2 nitrogen and oxygen atoms in total. The maximum Gasteiger partial charge on any atom is 0.123 e. The summed E-state index contributed by atoms with van der Waals surface area (Å²) in [5.74, 6) is -0.210. The topological polar surface area (TPSA) is 29.3 Å². The summed E-state index contributed by atoms with van der Waals surface area (Å²) in [4.78, 5) is 2.18. The summed E-state index contributed by atoms with van der Waals surface area (Å²) in [6.07, 6.45) is 0. The SMILES string of the molecule is Cc1ccc(C(CN)N(C)Cc2ccc(F)cc2)c(Br)c1. The van der Waals surface area contributed by atoms with E-state index in [0.717, 1.165) is 16.6 Å². The third-order valence-electron chi connectivity index (χ3n) is 3.62. The van der Waals surface area contributed by atoms with Gasteiger partial charge in [0.05, 0.1) is 0 Å². The van der Waals surface area contributed by atoms with E-state index in [1.54, 1.807) is 0 Å². The van der Waals surface area contributed by atoms with E-state index in [1.807, 2.05) is 19.2 Å². The summed E-state index contributed by atoms with van der Waals surface area (Å²) in [6.45, 7) is 3.32. The van der Waals surface area contributed by atoms with Crippen LogP contribution in [0.5, 0.6) is 0 Å². The molecule has 0 heterocycles. The smallest absolute Gasteiger partial charge is 0.123 e. The molecule has 1 unspecified atom stereocenters. The summed E-state index contributed by atoms with van der Waals surface area (Å²) >= 11 is 3.62. The molecule has 0 amide bonds. The molecule has 0 saturated heterocycles. The summed E-state index contributed by atoms with van der Waals surface area (Å²) in [5.41, 5.74) is 9.42. The van der Waals surface area contributed by atoms with Gasteiger partial charge in [0.1, 0.15) is 5.82 Å². The number of hydrogen-bond donors (Lipinski definition) is 1. The largest absolute Gasteiger partial charge is 0.329 e. The van der Waals surface area contributed by atoms with E-state index in [2.05, 4.69) is 46.0 Å². The molecule has 0 aliphatic carbocycles. The van der Waals surface area contributed by atoms with Crippen LogP contribution in [0.25, 0.3) is 0 Å². The standard InChI is InChI=1S/C17H20BrFN2/c1-12-3-8-15(16(18)9-12)17(10-20)21(2)11-13-4-6-14(19)7-5-13/h3-9,17H,10-11,20H2,1-2H3. The molecule has 2 N–H and O–H groups in total. The molecule has 0 fully saturated rings. The molecule has 21 heavy (non-hydrogen) atoms. The van der Waals surface area contributed by atoms with Crippen molar-refractivity contribution in [1.29, 1.82) is 0 Å². The monoisotopic (exact) mass is 350 g/mol. The van der Waals surface area contributed by atoms with Crippen molar-refractivity contribution in [3.05, 3.63) is 69.4 Å². The summed E-state index contributed by atoms with van der Waals surface area (Å²) < 4.78 is 14.0. The molecular weight excluding hydrogens is 331 g/mol. The average molecular weight is 351 g/mol. The number of benzene rings is 2. The fourth-order valence-corrected chi connectivity index (χ4v) is 3.19. The second-order valence-electron chi connectivity index (χ2n) is 5.32. The lowest BCUT2D eigenvalue weighted by Crippen LogP contribution is -2.30. The van der Waals surface area contributed by atoms with Crippen molar-refractivity contribution in [3.8, 4) is 0 Å². The minimum absolute atomic E-state index is 0.116. The van der Waals surface area contributed by atoms with Gasteiger partial charge in [-0.2, -0.15) is 0 Å². The van der Waals surface area contributed by atoms with Crippen LogP contribution in [0.3, 0.4) is 0 Å². The third kappa shape index (κ3) is 4.13. The maximum atomic E-state index is 13.0. The van der Waals surface area contributed by atoms with E-state index >= 15 is 0 Å². The van der Waals surface area contributed by atoms with Crippen LogP contribution in [0, 0.1) is 12.7 Å². The average Bonchev–Trinajstić information content (AvgIpc) is 2.44. The highest BCUT2D eigenvalue weighted by Crippen LogP contribution is 2.28. The Hall–Kier alpha value is -1.23. The first-order valence-corrected chi connectivity index (χ1v) is 7.71. The Kier molecular flexibility index (Phi) is 5.51. The zero-order chi connectivity index (χ0) is 15.4. The molecule has 0 bridgehead atoms. The first kappa shape index (κ1) is 16.1. The first-order valence-electron chi connectivity index (χ1n) is 6.92. The molecular formula is C17H20BrFN2. The maximum absolute atomic E-state index is 13.0. The molecule has 1 atom stereocenters. The van der Waals surface area contributed by atoms with Crippen molar-refractivity contribution in [2.45, 2.75) is 19.5 Å². The number of rotatable bonds is 5. The number of hydrogen-bond acceptors (Lipinski definition) is 2. The number of likely N-dealkylation sites (N-methyl/N-ethyl adjacent to an activating group) is 1. The summed E-state index contributed by atoms with van der Waals surface area (Å²) in [6, 6.07) is 13.0. The van der Waals surface area contributed by atoms with E-state index in [-0.39, 0.29) is 11.9 Å². The van der Waals surface area contributed by atoms with Crippen LogP contribution in [-0.4, -0.2) is 18.5 Å². The van der Waals surface area contributed by atoms with Crippen molar-refractivity contribution in [2.75, 3.05) is 13.6 Å². The fraction of sp³-hybridized carbons (Fsp3) is 0.294. The lowest BCUT2D eigenvalue weighted by molar-refractivity contribution is 0.241. The normalized spacial score (nSPS) is 12.7. The number of aryl methyl sites for hydroxylation is 1. The van der Waals surface area contributed by atoms with Gasteiger partial charge in [-0.15, -0.1) is 0 Å². The predicted octanol–water partition coefficient (Wildman–Crippen LogP) is 4.03. The molecule has 2 rings (SSSR count). The van der Waals surface area contributed by atoms with Gasteiger partial charge in [0, 0.05) is 23.6 Å². The number of nitrogens with two attached hydrogens (primary N) is 1. The molecule has 0 spiro atoms. The molecule has 112 valence electrons.